The largest absolute Gasteiger partial charge is 0.330 e. The van der Waals surface area contributed by atoms with Crippen LogP contribution in [-0.4, -0.2) is 32.1 Å². The predicted molar refractivity (Wildman–Crippen MR) is 77.8 cm³/mol. The molecule has 1 unspecified atom stereocenters. The third kappa shape index (κ3) is 2.04. The van der Waals surface area contributed by atoms with Crippen molar-refractivity contribution < 1.29 is 4.79 Å². The van der Waals surface area contributed by atoms with Crippen LogP contribution in [-0.2, 0) is 7.05 Å². The van der Waals surface area contributed by atoms with Crippen molar-refractivity contribution in [3.63, 3.8) is 0 Å². The Morgan fingerprint density at radius 2 is 2.25 bits per heavy atom. The molecule has 2 aromatic rings. The fourth-order valence-electron chi connectivity index (χ4n) is 3.05. The second-order valence-corrected chi connectivity index (χ2v) is 5.96. The fraction of sp³-hybridized carbons (Fsp3) is 0.500. The van der Waals surface area contributed by atoms with Crippen molar-refractivity contribution in [2.45, 2.75) is 32.7 Å². The number of aromatic nitrogens is 3. The van der Waals surface area contributed by atoms with Crippen LogP contribution in [0.15, 0.2) is 10.9 Å². The van der Waals surface area contributed by atoms with E-state index in [0.29, 0.717) is 5.69 Å². The molecule has 0 radical (unpaired) electrons. The van der Waals surface area contributed by atoms with Crippen LogP contribution in [0.25, 0.3) is 0 Å². The average Bonchev–Trinajstić information content (AvgIpc) is 3.12. The summed E-state index contributed by atoms with van der Waals surface area (Å²) in [4.78, 5) is 18.7. The molecule has 0 saturated carbocycles. The normalized spacial score (nSPS) is 18.8. The quantitative estimate of drug-likeness (QED) is 0.853. The van der Waals surface area contributed by atoms with Gasteiger partial charge in [-0.15, -0.1) is 11.3 Å². The molecular weight excluding hydrogens is 272 g/mol. The highest BCUT2D eigenvalue weighted by molar-refractivity contribution is 7.07. The molecule has 20 heavy (non-hydrogen) atoms. The van der Waals surface area contributed by atoms with Crippen molar-refractivity contribution >= 4 is 17.2 Å². The average molecular weight is 290 g/mol. The van der Waals surface area contributed by atoms with Gasteiger partial charge in [-0.2, -0.15) is 5.10 Å². The van der Waals surface area contributed by atoms with Crippen LogP contribution < -0.4 is 0 Å². The maximum atomic E-state index is 12.6. The van der Waals surface area contributed by atoms with Crippen LogP contribution in [0.5, 0.6) is 0 Å². The van der Waals surface area contributed by atoms with Crippen molar-refractivity contribution in [1.29, 1.82) is 0 Å². The van der Waals surface area contributed by atoms with Crippen molar-refractivity contribution in [1.82, 2.24) is 19.7 Å². The molecular formula is C14H18N4OS. The molecule has 2 aromatic heterocycles. The predicted octanol–water partition coefficient (Wildman–Crippen LogP) is 2.47. The van der Waals surface area contributed by atoms with Crippen molar-refractivity contribution in [3.8, 4) is 0 Å². The number of likely N-dealkylation sites (tertiary alicyclic amines) is 1. The zero-order valence-corrected chi connectivity index (χ0v) is 12.8. The van der Waals surface area contributed by atoms with Gasteiger partial charge in [0.25, 0.3) is 5.91 Å². The van der Waals surface area contributed by atoms with E-state index in [1.807, 2.05) is 28.9 Å². The fourth-order valence-corrected chi connectivity index (χ4v) is 3.57. The van der Waals surface area contributed by atoms with Gasteiger partial charge in [-0.05, 0) is 26.7 Å². The number of aryl methyl sites for hydroxylation is 2. The second-order valence-electron chi connectivity index (χ2n) is 5.24. The van der Waals surface area contributed by atoms with Crippen LogP contribution in [0.1, 0.15) is 46.3 Å². The van der Waals surface area contributed by atoms with Gasteiger partial charge in [0, 0.05) is 30.2 Å². The summed E-state index contributed by atoms with van der Waals surface area (Å²) in [5.74, 6) is 0.0383. The third-order valence-corrected chi connectivity index (χ3v) is 4.65. The molecule has 1 amide bonds. The number of rotatable bonds is 2. The molecule has 0 spiro atoms. The van der Waals surface area contributed by atoms with E-state index in [1.54, 1.807) is 5.51 Å². The first-order valence-electron chi connectivity index (χ1n) is 6.79. The lowest BCUT2D eigenvalue weighted by molar-refractivity contribution is 0.0730. The third-order valence-electron chi connectivity index (χ3n) is 4.06. The topological polar surface area (TPSA) is 51.0 Å². The number of thiazole rings is 1. The SMILES string of the molecule is Cc1nn(C)c(C)c1C1CCCN1C(=O)c1cscn1. The molecule has 6 heteroatoms. The van der Waals surface area contributed by atoms with Gasteiger partial charge in [-0.25, -0.2) is 4.98 Å². The molecule has 5 nitrogen and oxygen atoms in total. The first-order valence-corrected chi connectivity index (χ1v) is 7.73. The highest BCUT2D eigenvalue weighted by Gasteiger charge is 2.34. The van der Waals surface area contributed by atoms with E-state index in [9.17, 15) is 4.79 Å². The minimum absolute atomic E-state index is 0.0383. The minimum Gasteiger partial charge on any atom is -0.330 e. The molecule has 0 aromatic carbocycles. The Morgan fingerprint density at radius 3 is 2.85 bits per heavy atom. The molecule has 3 rings (SSSR count). The monoisotopic (exact) mass is 290 g/mol. The Morgan fingerprint density at radius 1 is 1.45 bits per heavy atom. The molecule has 0 N–H and O–H groups in total. The highest BCUT2D eigenvalue weighted by Crippen LogP contribution is 2.36. The summed E-state index contributed by atoms with van der Waals surface area (Å²) in [5, 5.41) is 6.30. The van der Waals surface area contributed by atoms with Crippen molar-refractivity contribution in [2.75, 3.05) is 6.54 Å². The van der Waals surface area contributed by atoms with Gasteiger partial charge >= 0.3 is 0 Å². The molecule has 1 saturated heterocycles. The van der Waals surface area contributed by atoms with Crippen LogP contribution in [0.4, 0.5) is 0 Å². The summed E-state index contributed by atoms with van der Waals surface area (Å²) >= 11 is 1.46. The summed E-state index contributed by atoms with van der Waals surface area (Å²) < 4.78 is 1.90. The van der Waals surface area contributed by atoms with Crippen molar-refractivity contribution in [3.05, 3.63) is 33.5 Å². The number of nitrogens with zero attached hydrogens (tertiary/aromatic N) is 4. The van der Waals surface area contributed by atoms with Crippen LogP contribution in [0, 0.1) is 13.8 Å². The van der Waals surface area contributed by atoms with Gasteiger partial charge < -0.3 is 4.90 Å². The molecule has 1 atom stereocenters. The summed E-state index contributed by atoms with van der Waals surface area (Å²) in [6.45, 7) is 4.89. The van der Waals surface area contributed by atoms with E-state index in [4.69, 9.17) is 0 Å². The van der Waals surface area contributed by atoms with E-state index < -0.39 is 0 Å². The lowest BCUT2D eigenvalue weighted by Crippen LogP contribution is -2.31. The first-order chi connectivity index (χ1) is 9.59. The Kier molecular flexibility index (Phi) is 3.33. The van der Waals surface area contributed by atoms with E-state index >= 15 is 0 Å². The van der Waals surface area contributed by atoms with Gasteiger partial charge in [0.2, 0.25) is 0 Å². The number of hydrogen-bond acceptors (Lipinski definition) is 4. The zero-order valence-electron chi connectivity index (χ0n) is 12.0. The lowest BCUT2D eigenvalue weighted by Gasteiger charge is -2.24. The zero-order chi connectivity index (χ0) is 14.3. The summed E-state index contributed by atoms with van der Waals surface area (Å²) in [6.07, 6.45) is 2.04. The number of carbonyl (C=O) groups is 1. The standard InChI is InChI=1S/C14H18N4OS/c1-9-13(10(2)17(3)16-9)12-5-4-6-18(12)14(19)11-7-20-8-15-11/h7-8,12H,4-6H2,1-3H3. The van der Waals surface area contributed by atoms with Gasteiger partial charge in [0.05, 0.1) is 17.2 Å². The Balaban J connectivity index is 1.95. The Labute approximate surface area is 122 Å². The first kappa shape index (κ1) is 13.3. The Hall–Kier alpha value is -1.69. The van der Waals surface area contributed by atoms with Gasteiger partial charge in [-0.3, -0.25) is 9.48 Å². The maximum absolute atomic E-state index is 12.6. The maximum Gasteiger partial charge on any atom is 0.273 e. The van der Waals surface area contributed by atoms with E-state index in [-0.39, 0.29) is 11.9 Å². The summed E-state index contributed by atoms with van der Waals surface area (Å²) in [5.41, 5.74) is 5.63. The van der Waals surface area contributed by atoms with Gasteiger partial charge in [0.15, 0.2) is 0 Å². The van der Waals surface area contributed by atoms with Crippen molar-refractivity contribution in [2.24, 2.45) is 7.05 Å². The molecule has 106 valence electrons. The molecule has 1 fully saturated rings. The molecule has 1 aliphatic rings. The number of hydrogen-bond donors (Lipinski definition) is 0. The van der Waals surface area contributed by atoms with Crippen LogP contribution in [0.3, 0.4) is 0 Å². The smallest absolute Gasteiger partial charge is 0.273 e. The Bertz CT molecular complexity index is 632. The van der Waals surface area contributed by atoms with E-state index in [0.717, 1.165) is 30.8 Å². The second kappa shape index (κ2) is 5.01. The molecule has 0 aliphatic carbocycles. The number of amides is 1. The minimum atomic E-state index is 0.0383. The summed E-state index contributed by atoms with van der Waals surface area (Å²) in [6, 6.07) is 0.137. The van der Waals surface area contributed by atoms with Crippen LogP contribution in [0.2, 0.25) is 0 Å². The lowest BCUT2D eigenvalue weighted by atomic mass is 10.0. The highest BCUT2D eigenvalue weighted by atomic mass is 32.1. The van der Waals surface area contributed by atoms with Crippen LogP contribution >= 0.6 is 11.3 Å². The van der Waals surface area contributed by atoms with E-state index in [1.165, 1.54) is 16.9 Å². The summed E-state index contributed by atoms with van der Waals surface area (Å²) in [7, 11) is 1.95. The number of carbonyl (C=O) groups excluding carboxylic acids is 1. The molecule has 3 heterocycles. The van der Waals surface area contributed by atoms with Gasteiger partial charge in [-0.1, -0.05) is 0 Å². The van der Waals surface area contributed by atoms with E-state index in [2.05, 4.69) is 17.0 Å². The van der Waals surface area contributed by atoms with Gasteiger partial charge in [0.1, 0.15) is 5.69 Å². The molecule has 0 bridgehead atoms. The molecule has 1 aliphatic heterocycles.